The summed E-state index contributed by atoms with van der Waals surface area (Å²) in [5, 5.41) is 8.76. The third kappa shape index (κ3) is 8.84. The van der Waals surface area contributed by atoms with Gasteiger partial charge in [0.2, 0.25) is 0 Å². The number of quaternary nitrogens is 1. The second-order valence-electron chi connectivity index (χ2n) is 4.40. The first kappa shape index (κ1) is 15.6. The van der Waals surface area contributed by atoms with Crippen LogP contribution < -0.4 is 18.6 Å². The maximum Gasteiger partial charge on any atom is 0.312 e. The van der Waals surface area contributed by atoms with Gasteiger partial charge in [-0.1, -0.05) is 0 Å². The SMILES string of the molecule is C[N+]1(C)CCCC(C(=O)O)C1.[O-][Cl+3]([O-])([O-])[O-]. The quantitative estimate of drug-likeness (QED) is 0.474. The van der Waals surface area contributed by atoms with Crippen LogP contribution in [0.3, 0.4) is 0 Å². The van der Waals surface area contributed by atoms with Gasteiger partial charge in [-0.25, -0.2) is 18.6 Å². The molecule has 0 aliphatic carbocycles. The number of hydrogen-bond donors (Lipinski definition) is 1. The molecule has 1 saturated heterocycles. The van der Waals surface area contributed by atoms with Crippen molar-refractivity contribution in [3.05, 3.63) is 0 Å². The van der Waals surface area contributed by atoms with Crippen LogP contribution in [0.2, 0.25) is 0 Å². The summed E-state index contributed by atoms with van der Waals surface area (Å²) in [5.74, 6) is -0.741. The summed E-state index contributed by atoms with van der Waals surface area (Å²) in [7, 11) is -0.760. The van der Waals surface area contributed by atoms with E-state index >= 15 is 0 Å². The van der Waals surface area contributed by atoms with Crippen molar-refractivity contribution >= 4 is 5.97 Å². The topological polar surface area (TPSA) is 130 Å². The maximum atomic E-state index is 10.6. The van der Waals surface area contributed by atoms with E-state index in [2.05, 4.69) is 14.1 Å². The minimum Gasteiger partial charge on any atom is -0.481 e. The summed E-state index contributed by atoms with van der Waals surface area (Å²) in [6, 6.07) is 0. The largest absolute Gasteiger partial charge is 0.481 e. The molecule has 1 atom stereocenters. The fourth-order valence-corrected chi connectivity index (χ4v) is 1.75. The Labute approximate surface area is 95.9 Å². The van der Waals surface area contributed by atoms with E-state index < -0.39 is 16.2 Å². The first-order valence-electron chi connectivity index (χ1n) is 4.68. The number of aliphatic carboxylic acids is 1. The van der Waals surface area contributed by atoms with Crippen LogP contribution in [0.5, 0.6) is 0 Å². The second kappa shape index (κ2) is 5.76. The van der Waals surface area contributed by atoms with Crippen molar-refractivity contribution < 1.29 is 43.3 Å². The number of halogens is 1. The average molecular weight is 258 g/mol. The number of carboxylic acid groups (broad SMARTS) is 1. The summed E-state index contributed by atoms with van der Waals surface area (Å²) in [5.41, 5.74) is 0. The molecule has 16 heavy (non-hydrogen) atoms. The van der Waals surface area contributed by atoms with Crippen molar-refractivity contribution in [2.24, 2.45) is 5.92 Å². The fraction of sp³-hybridized carbons (Fsp3) is 0.875. The third-order valence-electron chi connectivity index (χ3n) is 2.38. The highest BCUT2D eigenvalue weighted by Crippen LogP contribution is 2.19. The molecule has 96 valence electrons. The van der Waals surface area contributed by atoms with Gasteiger partial charge in [-0.2, -0.15) is 0 Å². The Kier molecular flexibility index (Phi) is 5.60. The third-order valence-corrected chi connectivity index (χ3v) is 2.38. The van der Waals surface area contributed by atoms with Crippen molar-refractivity contribution in [1.82, 2.24) is 0 Å². The smallest absolute Gasteiger partial charge is 0.312 e. The van der Waals surface area contributed by atoms with Crippen LogP contribution in [0, 0.1) is 16.2 Å². The van der Waals surface area contributed by atoms with E-state index in [1.54, 1.807) is 0 Å². The van der Waals surface area contributed by atoms with Gasteiger partial charge >= 0.3 is 5.97 Å². The Morgan fingerprint density at radius 3 is 2.00 bits per heavy atom. The monoisotopic (exact) mass is 257 g/mol. The molecule has 0 amide bonds. The zero-order valence-corrected chi connectivity index (χ0v) is 9.98. The van der Waals surface area contributed by atoms with E-state index in [4.69, 9.17) is 23.7 Å². The van der Waals surface area contributed by atoms with Crippen molar-refractivity contribution in [3.8, 4) is 0 Å². The fourth-order valence-electron chi connectivity index (χ4n) is 1.75. The standard InChI is InChI=1S/C8H15NO2.ClHO4/c1-9(2)5-3-4-7(6-9)8(10)11;2-1(3,4)5/h7H,3-6H2,1-2H3;(H,2,3,4,5). The predicted molar refractivity (Wildman–Crippen MR) is 42.2 cm³/mol. The lowest BCUT2D eigenvalue weighted by Gasteiger charge is -2.36. The maximum absolute atomic E-state index is 10.6. The van der Waals surface area contributed by atoms with E-state index in [-0.39, 0.29) is 5.92 Å². The average Bonchev–Trinajstić information content (AvgIpc) is 1.98. The van der Waals surface area contributed by atoms with Crippen molar-refractivity contribution in [3.63, 3.8) is 0 Å². The summed E-state index contributed by atoms with van der Waals surface area (Å²) in [6.45, 7) is 1.90. The molecule has 1 N–H and O–H groups in total. The summed E-state index contributed by atoms with van der Waals surface area (Å²) < 4.78 is 34.8. The molecule has 7 nitrogen and oxygen atoms in total. The molecule has 0 bridgehead atoms. The lowest BCUT2D eigenvalue weighted by atomic mass is 9.97. The molecule has 1 unspecified atom stereocenters. The number of carbonyl (C=O) groups is 1. The molecular formula is C8H16ClNO6. The van der Waals surface area contributed by atoms with Crippen molar-refractivity contribution in [2.75, 3.05) is 27.2 Å². The highest BCUT2D eigenvalue weighted by Gasteiger charge is 2.31. The Balaban J connectivity index is 0.000000385. The number of rotatable bonds is 1. The molecule has 1 aliphatic heterocycles. The molecule has 0 spiro atoms. The molecule has 1 fully saturated rings. The number of likely N-dealkylation sites (tertiary alicyclic amines) is 1. The van der Waals surface area contributed by atoms with E-state index in [0.29, 0.717) is 0 Å². The van der Waals surface area contributed by atoms with Crippen LogP contribution in [0.4, 0.5) is 0 Å². The summed E-state index contributed by atoms with van der Waals surface area (Å²) >= 11 is 0. The van der Waals surface area contributed by atoms with Gasteiger partial charge in [0.05, 0.1) is 27.2 Å². The van der Waals surface area contributed by atoms with Crippen molar-refractivity contribution in [2.45, 2.75) is 12.8 Å². The highest BCUT2D eigenvalue weighted by molar-refractivity contribution is 5.70. The van der Waals surface area contributed by atoms with Gasteiger partial charge in [0, 0.05) is 0 Å². The first-order chi connectivity index (χ1) is 7.01. The van der Waals surface area contributed by atoms with Gasteiger partial charge in [-0.15, -0.1) is 10.2 Å². The minimum absolute atomic E-state index is 0.112. The van der Waals surface area contributed by atoms with Crippen LogP contribution in [-0.2, 0) is 4.79 Å². The summed E-state index contributed by atoms with van der Waals surface area (Å²) in [4.78, 5) is 10.6. The van der Waals surface area contributed by atoms with Gasteiger partial charge in [0.25, 0.3) is 0 Å². The molecule has 1 heterocycles. The van der Waals surface area contributed by atoms with E-state index in [0.717, 1.165) is 30.4 Å². The molecule has 1 aliphatic rings. The molecular weight excluding hydrogens is 242 g/mol. The molecule has 0 aromatic heterocycles. The number of nitrogens with zero attached hydrogens (tertiary/aromatic N) is 1. The van der Waals surface area contributed by atoms with Crippen LogP contribution >= 0.6 is 0 Å². The van der Waals surface area contributed by atoms with Gasteiger partial charge in [-0.3, -0.25) is 4.79 Å². The Hall–Kier alpha value is -0.440. The van der Waals surface area contributed by atoms with Gasteiger partial charge in [0.15, 0.2) is 0 Å². The predicted octanol–water partition coefficient (Wildman–Crippen LogP) is -4.20. The van der Waals surface area contributed by atoms with Gasteiger partial charge in [0.1, 0.15) is 5.92 Å². The number of piperidine rings is 1. The van der Waals surface area contributed by atoms with Crippen LogP contribution in [0.25, 0.3) is 0 Å². The Morgan fingerprint density at radius 2 is 1.75 bits per heavy atom. The molecule has 0 aromatic carbocycles. The van der Waals surface area contributed by atoms with E-state index in [1.165, 1.54) is 0 Å². The molecule has 8 heteroatoms. The second-order valence-corrected chi connectivity index (χ2v) is 5.15. The summed E-state index contributed by atoms with van der Waals surface area (Å²) in [6.07, 6.45) is 1.90. The number of hydrogen-bond acceptors (Lipinski definition) is 5. The molecule has 1 rings (SSSR count). The van der Waals surface area contributed by atoms with E-state index in [1.807, 2.05) is 0 Å². The van der Waals surface area contributed by atoms with Crippen LogP contribution in [0.15, 0.2) is 0 Å². The van der Waals surface area contributed by atoms with E-state index in [9.17, 15) is 4.79 Å². The number of carboxylic acids is 1. The zero-order chi connectivity index (χ0) is 13.0. The first-order valence-corrected chi connectivity index (χ1v) is 5.91. The van der Waals surface area contributed by atoms with Gasteiger partial charge in [-0.05, 0) is 12.8 Å². The normalized spacial score (nSPS) is 24.2. The molecule has 0 saturated carbocycles. The zero-order valence-electron chi connectivity index (χ0n) is 9.22. The highest BCUT2D eigenvalue weighted by atomic mass is 35.7. The lowest BCUT2D eigenvalue weighted by molar-refractivity contribution is -2.00. The minimum atomic E-state index is -4.94. The van der Waals surface area contributed by atoms with Crippen molar-refractivity contribution in [1.29, 1.82) is 0 Å². The lowest BCUT2D eigenvalue weighted by Crippen LogP contribution is -2.68. The van der Waals surface area contributed by atoms with Gasteiger partial charge < -0.3 is 9.59 Å². The molecule has 0 radical (unpaired) electrons. The van der Waals surface area contributed by atoms with Crippen LogP contribution in [0.1, 0.15) is 12.8 Å². The Bertz CT molecular complexity index is 233. The Morgan fingerprint density at radius 1 is 1.31 bits per heavy atom. The van der Waals surface area contributed by atoms with Crippen LogP contribution in [-0.4, -0.2) is 42.7 Å². The molecule has 0 aromatic rings.